The lowest BCUT2D eigenvalue weighted by atomic mass is 9.99. The van der Waals surface area contributed by atoms with Crippen LogP contribution in [0.1, 0.15) is 23.1 Å². The molecule has 1 atom stereocenters. The van der Waals surface area contributed by atoms with Crippen molar-refractivity contribution < 1.29 is 13.2 Å². The molecule has 132 valence electrons. The van der Waals surface area contributed by atoms with Crippen molar-refractivity contribution >= 4 is 21.6 Å². The molecule has 1 unspecified atom stereocenters. The van der Waals surface area contributed by atoms with E-state index < -0.39 is 11.7 Å². The van der Waals surface area contributed by atoms with Crippen LogP contribution in [0.15, 0.2) is 47.3 Å². The Balaban J connectivity index is 1.58. The number of halogens is 3. The fourth-order valence-electron chi connectivity index (χ4n) is 2.73. The van der Waals surface area contributed by atoms with Gasteiger partial charge in [0.05, 0.1) is 15.8 Å². The van der Waals surface area contributed by atoms with E-state index >= 15 is 0 Å². The van der Waals surface area contributed by atoms with Crippen LogP contribution in [0, 0.1) is 0 Å². The normalized spacial score (nSPS) is 13.3. The Morgan fingerprint density at radius 3 is 2.44 bits per heavy atom. The SMILES string of the molecule is NC(CCc1ccc2[nH]c(=O)sc2c1)Cc1ccc(C(F)(F)F)cc1. The van der Waals surface area contributed by atoms with Crippen LogP contribution >= 0.6 is 11.3 Å². The number of alkyl halides is 3. The average Bonchev–Trinajstić information content (AvgIpc) is 2.92. The van der Waals surface area contributed by atoms with Gasteiger partial charge in [-0.3, -0.25) is 4.79 Å². The second-order valence-corrected chi connectivity index (χ2v) is 7.06. The van der Waals surface area contributed by atoms with Gasteiger partial charge >= 0.3 is 11.0 Å². The minimum atomic E-state index is -4.32. The average molecular weight is 366 g/mol. The van der Waals surface area contributed by atoms with E-state index in [4.69, 9.17) is 5.73 Å². The molecule has 0 fully saturated rings. The fourth-order valence-corrected chi connectivity index (χ4v) is 3.53. The number of hydrogen-bond acceptors (Lipinski definition) is 3. The number of fused-ring (bicyclic) bond motifs is 1. The molecule has 0 saturated heterocycles. The number of rotatable bonds is 5. The van der Waals surface area contributed by atoms with Gasteiger partial charge in [-0.2, -0.15) is 13.2 Å². The number of nitrogens with two attached hydrogens (primary N) is 1. The first-order valence-corrected chi connectivity index (χ1v) is 8.66. The maximum absolute atomic E-state index is 12.6. The Morgan fingerprint density at radius 1 is 1.08 bits per heavy atom. The van der Waals surface area contributed by atoms with E-state index in [1.54, 1.807) is 0 Å². The van der Waals surface area contributed by atoms with Gasteiger partial charge in [0.15, 0.2) is 0 Å². The van der Waals surface area contributed by atoms with Crippen molar-refractivity contribution in [3.63, 3.8) is 0 Å². The van der Waals surface area contributed by atoms with Crippen LogP contribution < -0.4 is 10.6 Å². The third-order valence-electron chi connectivity index (χ3n) is 4.07. The van der Waals surface area contributed by atoms with Gasteiger partial charge in [-0.05, 0) is 54.7 Å². The van der Waals surface area contributed by atoms with Crippen molar-refractivity contribution in [1.29, 1.82) is 0 Å². The lowest BCUT2D eigenvalue weighted by molar-refractivity contribution is -0.137. The molecular weight excluding hydrogens is 349 g/mol. The van der Waals surface area contributed by atoms with Gasteiger partial charge < -0.3 is 10.7 Å². The molecule has 0 aliphatic rings. The smallest absolute Gasteiger partial charge is 0.327 e. The summed E-state index contributed by atoms with van der Waals surface area (Å²) in [6, 6.07) is 10.8. The van der Waals surface area contributed by atoms with E-state index in [0.29, 0.717) is 12.8 Å². The van der Waals surface area contributed by atoms with Crippen LogP contribution in [0.5, 0.6) is 0 Å². The van der Waals surface area contributed by atoms with E-state index in [1.807, 2.05) is 18.2 Å². The lowest BCUT2D eigenvalue weighted by Crippen LogP contribution is -2.23. The highest BCUT2D eigenvalue weighted by Crippen LogP contribution is 2.29. The van der Waals surface area contributed by atoms with Crippen LogP contribution in [0.3, 0.4) is 0 Å². The van der Waals surface area contributed by atoms with Crippen LogP contribution in [-0.2, 0) is 19.0 Å². The third-order valence-corrected chi connectivity index (χ3v) is 4.91. The lowest BCUT2D eigenvalue weighted by Gasteiger charge is -2.13. The zero-order valence-corrected chi connectivity index (χ0v) is 14.1. The maximum Gasteiger partial charge on any atom is 0.416 e. The van der Waals surface area contributed by atoms with Crippen molar-refractivity contribution in [2.45, 2.75) is 31.5 Å². The van der Waals surface area contributed by atoms with E-state index in [2.05, 4.69) is 4.98 Å². The van der Waals surface area contributed by atoms with Gasteiger partial charge in [-0.15, -0.1) is 0 Å². The molecule has 0 bridgehead atoms. The molecular formula is C18H17F3N2OS. The summed E-state index contributed by atoms with van der Waals surface area (Å²) in [5, 5.41) is 0. The van der Waals surface area contributed by atoms with Gasteiger partial charge in [-0.1, -0.05) is 29.5 Å². The van der Waals surface area contributed by atoms with Gasteiger partial charge in [0.25, 0.3) is 0 Å². The van der Waals surface area contributed by atoms with Gasteiger partial charge in [0, 0.05) is 6.04 Å². The Bertz CT molecular complexity index is 912. The third kappa shape index (κ3) is 4.49. The molecule has 0 aliphatic heterocycles. The van der Waals surface area contributed by atoms with Crippen molar-refractivity contribution in [3.8, 4) is 0 Å². The maximum atomic E-state index is 12.6. The minimum absolute atomic E-state index is 0.0776. The van der Waals surface area contributed by atoms with Crippen LogP contribution in [-0.4, -0.2) is 11.0 Å². The number of thiazole rings is 1. The quantitative estimate of drug-likeness (QED) is 0.714. The van der Waals surface area contributed by atoms with Crippen molar-refractivity contribution in [1.82, 2.24) is 4.98 Å². The van der Waals surface area contributed by atoms with Gasteiger partial charge in [-0.25, -0.2) is 0 Å². The number of aryl methyl sites for hydroxylation is 1. The molecule has 0 saturated carbocycles. The van der Waals surface area contributed by atoms with Crippen molar-refractivity contribution in [3.05, 3.63) is 68.8 Å². The molecule has 0 radical (unpaired) electrons. The summed E-state index contributed by atoms with van der Waals surface area (Å²) in [6.45, 7) is 0. The summed E-state index contributed by atoms with van der Waals surface area (Å²) in [5.74, 6) is 0. The highest BCUT2D eigenvalue weighted by Gasteiger charge is 2.29. The Morgan fingerprint density at radius 2 is 1.76 bits per heavy atom. The molecule has 1 aromatic heterocycles. The molecule has 0 spiro atoms. The number of hydrogen-bond donors (Lipinski definition) is 2. The predicted molar refractivity (Wildman–Crippen MR) is 93.9 cm³/mol. The molecule has 7 heteroatoms. The van der Waals surface area contributed by atoms with E-state index in [0.717, 1.165) is 39.9 Å². The standard InChI is InChI=1S/C18H17F3N2OS/c19-18(20,21)13-5-1-11(2-6-13)9-14(22)7-3-12-4-8-15-16(10-12)25-17(24)23-15/h1-2,4-6,8,10,14H,3,7,9,22H2,(H,23,24). The first-order valence-electron chi connectivity index (χ1n) is 7.85. The van der Waals surface area contributed by atoms with E-state index in [9.17, 15) is 18.0 Å². The van der Waals surface area contributed by atoms with Crippen LogP contribution in [0.25, 0.3) is 10.2 Å². The Labute approximate surface area is 146 Å². The second-order valence-electron chi connectivity index (χ2n) is 6.04. The Kier molecular flexibility index (Phi) is 4.96. The summed E-state index contributed by atoms with van der Waals surface area (Å²) >= 11 is 1.17. The largest absolute Gasteiger partial charge is 0.416 e. The van der Waals surface area contributed by atoms with Crippen molar-refractivity contribution in [2.24, 2.45) is 5.73 Å². The van der Waals surface area contributed by atoms with Gasteiger partial charge in [0.2, 0.25) is 0 Å². The second kappa shape index (κ2) is 7.01. The molecule has 2 aromatic carbocycles. The first-order chi connectivity index (χ1) is 11.8. The number of H-pyrrole nitrogens is 1. The monoisotopic (exact) mass is 366 g/mol. The highest BCUT2D eigenvalue weighted by molar-refractivity contribution is 7.16. The van der Waals surface area contributed by atoms with Gasteiger partial charge in [0.1, 0.15) is 0 Å². The molecule has 25 heavy (non-hydrogen) atoms. The fraction of sp³-hybridized carbons (Fsp3) is 0.278. The summed E-state index contributed by atoms with van der Waals surface area (Å²) in [7, 11) is 0. The zero-order chi connectivity index (χ0) is 18.0. The molecule has 3 N–H and O–H groups in total. The highest BCUT2D eigenvalue weighted by atomic mass is 32.1. The molecule has 3 aromatic rings. The summed E-state index contributed by atoms with van der Waals surface area (Å²) in [5.41, 5.74) is 8.18. The zero-order valence-electron chi connectivity index (χ0n) is 13.3. The van der Waals surface area contributed by atoms with E-state index in [-0.39, 0.29) is 10.9 Å². The van der Waals surface area contributed by atoms with Crippen LogP contribution in [0.4, 0.5) is 13.2 Å². The number of benzene rings is 2. The predicted octanol–water partition coefficient (Wildman–Crippen LogP) is 4.11. The number of aromatic nitrogens is 1. The molecule has 1 heterocycles. The minimum Gasteiger partial charge on any atom is -0.327 e. The first kappa shape index (κ1) is 17.7. The number of nitrogens with one attached hydrogen (secondary N) is 1. The molecule has 0 amide bonds. The van der Waals surface area contributed by atoms with Crippen LogP contribution in [0.2, 0.25) is 0 Å². The van der Waals surface area contributed by atoms with E-state index in [1.165, 1.54) is 23.5 Å². The number of aromatic amines is 1. The van der Waals surface area contributed by atoms with Crippen molar-refractivity contribution in [2.75, 3.05) is 0 Å². The topological polar surface area (TPSA) is 58.9 Å². The molecule has 0 aliphatic carbocycles. The molecule has 3 rings (SSSR count). The summed E-state index contributed by atoms with van der Waals surface area (Å²) in [6.07, 6.45) is -2.32. The summed E-state index contributed by atoms with van der Waals surface area (Å²) in [4.78, 5) is 14.0. The Hall–Kier alpha value is -2.12. The summed E-state index contributed by atoms with van der Waals surface area (Å²) < 4.78 is 38.6. The molecule has 3 nitrogen and oxygen atoms in total.